The molecule has 0 saturated carbocycles. The second-order valence-corrected chi connectivity index (χ2v) is 11.4. The molecule has 2 atom stereocenters. The van der Waals surface area contributed by atoms with Crippen molar-refractivity contribution in [1.82, 2.24) is 9.88 Å². The van der Waals surface area contributed by atoms with Crippen LogP contribution in [0.1, 0.15) is 20.3 Å². The minimum atomic E-state index is -3.06. The van der Waals surface area contributed by atoms with Gasteiger partial charge in [-0.25, -0.2) is 13.4 Å². The number of hydrogen-bond donors (Lipinski definition) is 0. The lowest BCUT2D eigenvalue weighted by atomic mass is 10.1. The molecule has 4 rings (SSSR count). The van der Waals surface area contributed by atoms with E-state index in [9.17, 15) is 13.2 Å². The Balaban J connectivity index is 1.58. The fraction of sp³-hybridized carbons (Fsp3) is 0.333. The molecule has 1 amide bonds. The number of carbonyl (C=O) groups is 1. The number of carbonyl (C=O) groups excluding carboxylic acids is 1. The van der Waals surface area contributed by atoms with Gasteiger partial charge in [-0.05, 0) is 20.3 Å². The van der Waals surface area contributed by atoms with Crippen molar-refractivity contribution in [2.24, 2.45) is 0 Å². The fourth-order valence-electron chi connectivity index (χ4n) is 3.98. The summed E-state index contributed by atoms with van der Waals surface area (Å²) in [5.41, 5.74) is 2.58. The van der Waals surface area contributed by atoms with Gasteiger partial charge < -0.3 is 9.32 Å². The maximum absolute atomic E-state index is 13.1. The van der Waals surface area contributed by atoms with Crippen LogP contribution >= 0.6 is 11.8 Å². The number of hydrogen-bond acceptors (Lipinski definition) is 6. The number of amides is 1. The molecule has 0 radical (unpaired) electrons. The molecule has 1 saturated heterocycles. The van der Waals surface area contributed by atoms with Gasteiger partial charge in [0.1, 0.15) is 5.69 Å². The molecule has 6 nitrogen and oxygen atoms in total. The molecule has 32 heavy (non-hydrogen) atoms. The van der Waals surface area contributed by atoms with E-state index in [1.54, 1.807) is 4.90 Å². The molecule has 3 aromatic rings. The molecular weight excluding hydrogens is 444 g/mol. The van der Waals surface area contributed by atoms with Crippen molar-refractivity contribution in [3.8, 4) is 22.6 Å². The van der Waals surface area contributed by atoms with Gasteiger partial charge in [-0.2, -0.15) is 0 Å². The quantitative estimate of drug-likeness (QED) is 0.472. The van der Waals surface area contributed by atoms with Crippen LogP contribution in [-0.2, 0) is 14.6 Å². The van der Waals surface area contributed by atoms with E-state index in [0.717, 1.165) is 16.8 Å². The van der Waals surface area contributed by atoms with E-state index in [0.29, 0.717) is 23.9 Å². The molecule has 0 aliphatic carbocycles. The lowest BCUT2D eigenvalue weighted by Crippen LogP contribution is -2.44. The first-order chi connectivity index (χ1) is 15.4. The van der Waals surface area contributed by atoms with Crippen LogP contribution < -0.4 is 0 Å². The summed E-state index contributed by atoms with van der Waals surface area (Å²) in [5.74, 6) is 0.747. The predicted molar refractivity (Wildman–Crippen MR) is 127 cm³/mol. The number of benzene rings is 2. The highest BCUT2D eigenvalue weighted by Gasteiger charge is 2.36. The SMILES string of the molecule is CCN(C(=O)C(C)Sc1nc(-c2ccccc2)c(-c2ccccc2)o1)C1CCS(=O)(=O)C1. The maximum Gasteiger partial charge on any atom is 0.257 e. The van der Waals surface area contributed by atoms with Crippen LogP contribution in [-0.4, -0.2) is 53.6 Å². The summed E-state index contributed by atoms with van der Waals surface area (Å²) in [6, 6.07) is 19.3. The minimum absolute atomic E-state index is 0.0410. The van der Waals surface area contributed by atoms with Crippen molar-refractivity contribution in [2.75, 3.05) is 18.1 Å². The molecule has 0 N–H and O–H groups in total. The van der Waals surface area contributed by atoms with Gasteiger partial charge in [-0.3, -0.25) is 4.79 Å². The number of sulfone groups is 1. The van der Waals surface area contributed by atoms with Gasteiger partial charge in [0.15, 0.2) is 15.6 Å². The van der Waals surface area contributed by atoms with E-state index < -0.39 is 15.1 Å². The normalized spacial score (nSPS) is 18.4. The average Bonchev–Trinajstić information content (AvgIpc) is 3.38. The summed E-state index contributed by atoms with van der Waals surface area (Å²) in [7, 11) is -3.06. The smallest absolute Gasteiger partial charge is 0.257 e. The molecule has 8 heteroatoms. The Morgan fingerprint density at radius 2 is 1.75 bits per heavy atom. The number of aromatic nitrogens is 1. The first kappa shape index (κ1) is 22.6. The number of oxazole rings is 1. The van der Waals surface area contributed by atoms with E-state index in [-0.39, 0.29) is 23.5 Å². The first-order valence-electron chi connectivity index (χ1n) is 10.7. The highest BCUT2D eigenvalue weighted by molar-refractivity contribution is 8.00. The Labute approximate surface area is 193 Å². The molecule has 2 aromatic carbocycles. The first-order valence-corrected chi connectivity index (χ1v) is 13.4. The molecule has 0 bridgehead atoms. The van der Waals surface area contributed by atoms with Crippen molar-refractivity contribution in [1.29, 1.82) is 0 Å². The summed E-state index contributed by atoms with van der Waals surface area (Å²) in [6.07, 6.45) is 0.495. The second-order valence-electron chi connectivity index (χ2n) is 7.83. The van der Waals surface area contributed by atoms with Crippen LogP contribution in [0.15, 0.2) is 70.3 Å². The molecule has 1 fully saturated rings. The van der Waals surface area contributed by atoms with Crippen molar-refractivity contribution >= 4 is 27.5 Å². The molecule has 0 spiro atoms. The molecular formula is C24H26N2O4S2. The summed E-state index contributed by atoms with van der Waals surface area (Å²) in [4.78, 5) is 19.5. The topological polar surface area (TPSA) is 80.5 Å². The largest absolute Gasteiger partial charge is 0.431 e. The third-order valence-corrected chi connectivity index (χ3v) is 8.27. The lowest BCUT2D eigenvalue weighted by Gasteiger charge is -2.28. The summed E-state index contributed by atoms with van der Waals surface area (Å²) < 4.78 is 29.9. The van der Waals surface area contributed by atoms with Crippen molar-refractivity contribution in [3.63, 3.8) is 0 Å². The standard InChI is InChI=1S/C24H26N2O4S2/c1-3-26(20-14-15-32(28,29)16-20)23(27)17(2)31-24-25-21(18-10-6-4-7-11-18)22(30-24)19-12-8-5-9-13-19/h4-13,17,20H,3,14-16H2,1-2H3. The summed E-state index contributed by atoms with van der Waals surface area (Å²) in [5, 5.41) is -0.0391. The Hall–Kier alpha value is -2.58. The third-order valence-electron chi connectivity index (χ3n) is 5.59. The second kappa shape index (κ2) is 9.50. The van der Waals surface area contributed by atoms with Crippen LogP contribution in [0, 0.1) is 0 Å². The van der Waals surface area contributed by atoms with Gasteiger partial charge in [-0.15, -0.1) is 0 Å². The number of thioether (sulfide) groups is 1. The number of rotatable bonds is 7. The highest BCUT2D eigenvalue weighted by atomic mass is 32.2. The molecule has 1 aromatic heterocycles. The molecule has 1 aliphatic heterocycles. The fourth-order valence-corrected chi connectivity index (χ4v) is 6.52. The highest BCUT2D eigenvalue weighted by Crippen LogP contribution is 2.37. The van der Waals surface area contributed by atoms with E-state index in [2.05, 4.69) is 0 Å². The van der Waals surface area contributed by atoms with Gasteiger partial charge in [0, 0.05) is 23.7 Å². The zero-order chi connectivity index (χ0) is 22.7. The van der Waals surface area contributed by atoms with Crippen LogP contribution in [0.5, 0.6) is 0 Å². The zero-order valence-electron chi connectivity index (χ0n) is 18.1. The minimum Gasteiger partial charge on any atom is -0.431 e. The van der Waals surface area contributed by atoms with Gasteiger partial charge >= 0.3 is 0 Å². The van der Waals surface area contributed by atoms with Gasteiger partial charge in [0.2, 0.25) is 5.91 Å². The van der Waals surface area contributed by atoms with Crippen LogP contribution in [0.25, 0.3) is 22.6 Å². The Morgan fingerprint density at radius 3 is 2.31 bits per heavy atom. The van der Waals surface area contributed by atoms with E-state index >= 15 is 0 Å². The Kier molecular flexibility index (Phi) is 6.71. The summed E-state index contributed by atoms with van der Waals surface area (Å²) in [6.45, 7) is 4.17. The van der Waals surface area contributed by atoms with Crippen LogP contribution in [0.3, 0.4) is 0 Å². The Morgan fingerprint density at radius 1 is 1.12 bits per heavy atom. The van der Waals surface area contributed by atoms with Crippen LogP contribution in [0.2, 0.25) is 0 Å². The number of nitrogens with zero attached hydrogens (tertiary/aromatic N) is 2. The zero-order valence-corrected chi connectivity index (χ0v) is 19.7. The molecule has 1 aliphatic rings. The van der Waals surface area contributed by atoms with Gasteiger partial charge in [0.05, 0.1) is 16.8 Å². The Bertz CT molecular complexity index is 1120. The summed E-state index contributed by atoms with van der Waals surface area (Å²) >= 11 is 1.26. The third kappa shape index (κ3) is 4.91. The molecule has 2 heterocycles. The van der Waals surface area contributed by atoms with E-state index in [1.807, 2.05) is 74.5 Å². The van der Waals surface area contributed by atoms with Crippen molar-refractivity contribution in [3.05, 3.63) is 60.7 Å². The van der Waals surface area contributed by atoms with E-state index in [4.69, 9.17) is 9.40 Å². The molecule has 168 valence electrons. The lowest BCUT2D eigenvalue weighted by molar-refractivity contribution is -0.131. The van der Waals surface area contributed by atoms with Gasteiger partial charge in [0.25, 0.3) is 5.22 Å². The van der Waals surface area contributed by atoms with Crippen LogP contribution in [0.4, 0.5) is 0 Å². The monoisotopic (exact) mass is 470 g/mol. The molecule has 2 unspecified atom stereocenters. The van der Waals surface area contributed by atoms with Gasteiger partial charge in [-0.1, -0.05) is 72.4 Å². The van der Waals surface area contributed by atoms with E-state index in [1.165, 1.54) is 11.8 Å². The maximum atomic E-state index is 13.1. The average molecular weight is 471 g/mol. The van der Waals surface area contributed by atoms with Crippen molar-refractivity contribution < 1.29 is 17.6 Å². The van der Waals surface area contributed by atoms with Crippen molar-refractivity contribution in [2.45, 2.75) is 36.8 Å². The predicted octanol–water partition coefficient (Wildman–Crippen LogP) is 4.52.